The molecule has 2 aromatic carbocycles. The smallest absolute Gasteiger partial charge is 0.130 e. The second-order valence-corrected chi connectivity index (χ2v) is 9.33. The van der Waals surface area contributed by atoms with Crippen LogP contribution in [0, 0.1) is 0 Å². The zero-order chi connectivity index (χ0) is 22.6. The minimum Gasteiger partial charge on any atom is -0.497 e. The van der Waals surface area contributed by atoms with E-state index < -0.39 is 0 Å². The van der Waals surface area contributed by atoms with Crippen molar-refractivity contribution in [3.05, 3.63) is 52.4 Å². The Morgan fingerprint density at radius 2 is 1.67 bits per heavy atom. The molecule has 2 fully saturated rings. The molecule has 0 aliphatic carbocycles. The molecule has 0 amide bonds. The number of fused-ring (bicyclic) bond motifs is 2. The SMILES string of the molecule is COc1ccc(C2=c3ccc(OCCCN4CCCCC4)cc3=C3CCCN3C2)c(OC)c1. The molecular weight excluding hydrogens is 412 g/mol. The van der Waals surface area contributed by atoms with Gasteiger partial charge in [0.1, 0.15) is 17.2 Å². The van der Waals surface area contributed by atoms with E-state index in [9.17, 15) is 0 Å². The average molecular weight is 449 g/mol. The molecule has 5 heteroatoms. The molecule has 33 heavy (non-hydrogen) atoms. The van der Waals surface area contributed by atoms with Gasteiger partial charge in [-0.05, 0) is 80.3 Å². The normalized spacial score (nSPS) is 18.2. The summed E-state index contributed by atoms with van der Waals surface area (Å²) in [6, 6.07) is 12.8. The Hall–Kier alpha value is -2.66. The lowest BCUT2D eigenvalue weighted by molar-refractivity contribution is 0.205. The van der Waals surface area contributed by atoms with Gasteiger partial charge in [-0.3, -0.25) is 0 Å². The Balaban J connectivity index is 1.42. The molecule has 0 atom stereocenters. The molecule has 2 aromatic rings. The minimum absolute atomic E-state index is 0.775. The molecule has 0 radical (unpaired) electrons. The van der Waals surface area contributed by atoms with Crippen LogP contribution in [0.15, 0.2) is 36.4 Å². The van der Waals surface area contributed by atoms with E-state index >= 15 is 0 Å². The summed E-state index contributed by atoms with van der Waals surface area (Å²) in [5.41, 5.74) is 3.91. The fourth-order valence-electron chi connectivity index (χ4n) is 5.54. The van der Waals surface area contributed by atoms with Crippen molar-refractivity contribution >= 4 is 11.3 Å². The van der Waals surface area contributed by atoms with Crippen LogP contribution in [0.25, 0.3) is 11.3 Å². The summed E-state index contributed by atoms with van der Waals surface area (Å²) in [7, 11) is 3.42. The number of piperidine rings is 1. The van der Waals surface area contributed by atoms with E-state index in [1.807, 2.05) is 12.1 Å². The van der Waals surface area contributed by atoms with Gasteiger partial charge in [0.2, 0.25) is 0 Å². The van der Waals surface area contributed by atoms with E-state index in [4.69, 9.17) is 14.2 Å². The number of hydrogen-bond acceptors (Lipinski definition) is 5. The van der Waals surface area contributed by atoms with Gasteiger partial charge in [-0.2, -0.15) is 0 Å². The summed E-state index contributed by atoms with van der Waals surface area (Å²) in [6.07, 6.45) is 7.51. The summed E-state index contributed by atoms with van der Waals surface area (Å²) in [4.78, 5) is 5.11. The highest BCUT2D eigenvalue weighted by Gasteiger charge is 2.25. The van der Waals surface area contributed by atoms with Crippen LogP contribution >= 0.6 is 0 Å². The van der Waals surface area contributed by atoms with Crippen molar-refractivity contribution in [2.24, 2.45) is 0 Å². The monoisotopic (exact) mass is 448 g/mol. The number of likely N-dealkylation sites (tertiary alicyclic amines) is 1. The molecule has 0 aromatic heterocycles. The minimum atomic E-state index is 0.775. The van der Waals surface area contributed by atoms with Crippen LogP contribution in [0.2, 0.25) is 0 Å². The average Bonchev–Trinajstić information content (AvgIpc) is 3.35. The number of nitrogens with zero attached hydrogens (tertiary/aromatic N) is 2. The standard InChI is InChI=1S/C28H36N2O3/c1-31-21-9-12-24(28(19-21)32-2)26-20-30-16-6-8-27(30)25-18-22(10-11-23(25)26)33-17-7-15-29-13-4-3-5-14-29/h9-12,18-19H,3-8,13-17,20H2,1-2H3. The maximum Gasteiger partial charge on any atom is 0.130 e. The van der Waals surface area contributed by atoms with Crippen LogP contribution in [-0.4, -0.2) is 63.4 Å². The summed E-state index contributed by atoms with van der Waals surface area (Å²) in [5.74, 6) is 2.65. The predicted octanol–water partition coefficient (Wildman–Crippen LogP) is 3.38. The van der Waals surface area contributed by atoms with Gasteiger partial charge in [0.25, 0.3) is 0 Å². The summed E-state index contributed by atoms with van der Waals surface area (Å²) < 4.78 is 17.4. The topological polar surface area (TPSA) is 34.2 Å². The third-order valence-electron chi connectivity index (χ3n) is 7.27. The quantitative estimate of drug-likeness (QED) is 0.579. The first-order valence-corrected chi connectivity index (χ1v) is 12.5. The van der Waals surface area contributed by atoms with Crippen LogP contribution < -0.4 is 24.6 Å². The van der Waals surface area contributed by atoms with Crippen LogP contribution in [0.4, 0.5) is 0 Å². The zero-order valence-electron chi connectivity index (χ0n) is 20.1. The first-order valence-electron chi connectivity index (χ1n) is 12.5. The number of hydrogen-bond donors (Lipinski definition) is 0. The Labute approximate surface area is 197 Å². The van der Waals surface area contributed by atoms with E-state index in [0.717, 1.165) is 61.9 Å². The van der Waals surface area contributed by atoms with E-state index in [1.54, 1.807) is 14.2 Å². The van der Waals surface area contributed by atoms with Gasteiger partial charge in [-0.25, -0.2) is 0 Å². The van der Waals surface area contributed by atoms with Crippen molar-refractivity contribution in [3.8, 4) is 17.2 Å². The summed E-state index contributed by atoms with van der Waals surface area (Å²) >= 11 is 0. The molecule has 0 unspecified atom stereocenters. The van der Waals surface area contributed by atoms with E-state index in [1.165, 1.54) is 60.5 Å². The largest absolute Gasteiger partial charge is 0.497 e. The molecule has 5 nitrogen and oxygen atoms in total. The molecule has 0 spiro atoms. The van der Waals surface area contributed by atoms with E-state index in [0.29, 0.717) is 0 Å². The summed E-state index contributed by atoms with van der Waals surface area (Å²) in [6.45, 7) is 6.45. The number of rotatable bonds is 8. The lowest BCUT2D eigenvalue weighted by atomic mass is 9.96. The fraction of sp³-hybridized carbons (Fsp3) is 0.500. The summed E-state index contributed by atoms with van der Waals surface area (Å²) in [5, 5.41) is 2.62. The van der Waals surface area contributed by atoms with Crippen molar-refractivity contribution < 1.29 is 14.2 Å². The molecule has 176 valence electrons. The van der Waals surface area contributed by atoms with Crippen molar-refractivity contribution in [1.29, 1.82) is 0 Å². The lowest BCUT2D eigenvalue weighted by Crippen LogP contribution is -2.41. The first-order chi connectivity index (χ1) is 16.3. The van der Waals surface area contributed by atoms with Crippen LogP contribution in [0.3, 0.4) is 0 Å². The van der Waals surface area contributed by atoms with Gasteiger partial charge in [-0.15, -0.1) is 0 Å². The molecule has 0 N–H and O–H groups in total. The lowest BCUT2D eigenvalue weighted by Gasteiger charge is -2.27. The van der Waals surface area contributed by atoms with Gasteiger partial charge in [0, 0.05) is 42.2 Å². The number of benzene rings is 2. The molecular formula is C28H36N2O3. The van der Waals surface area contributed by atoms with E-state index in [2.05, 4.69) is 34.1 Å². The Morgan fingerprint density at radius 3 is 2.48 bits per heavy atom. The van der Waals surface area contributed by atoms with Crippen molar-refractivity contribution in [2.75, 3.05) is 53.6 Å². The van der Waals surface area contributed by atoms with Gasteiger partial charge in [0.05, 0.1) is 20.8 Å². The molecule has 3 aliphatic heterocycles. The fourth-order valence-corrected chi connectivity index (χ4v) is 5.54. The number of ether oxygens (including phenoxy) is 3. The second-order valence-electron chi connectivity index (χ2n) is 9.33. The second kappa shape index (κ2) is 10.1. The van der Waals surface area contributed by atoms with Gasteiger partial charge in [-0.1, -0.05) is 12.5 Å². The highest BCUT2D eigenvalue weighted by molar-refractivity contribution is 5.75. The van der Waals surface area contributed by atoms with Crippen molar-refractivity contribution in [1.82, 2.24) is 9.80 Å². The van der Waals surface area contributed by atoms with E-state index in [-0.39, 0.29) is 0 Å². The predicted molar refractivity (Wildman–Crippen MR) is 132 cm³/mol. The molecule has 3 heterocycles. The zero-order valence-corrected chi connectivity index (χ0v) is 20.1. The van der Waals surface area contributed by atoms with Crippen molar-refractivity contribution in [3.63, 3.8) is 0 Å². The molecule has 0 bridgehead atoms. The Morgan fingerprint density at radius 1 is 0.818 bits per heavy atom. The van der Waals surface area contributed by atoms with Crippen LogP contribution in [0.5, 0.6) is 17.2 Å². The Bertz CT molecular complexity index is 1100. The van der Waals surface area contributed by atoms with Crippen LogP contribution in [-0.2, 0) is 0 Å². The van der Waals surface area contributed by atoms with Crippen molar-refractivity contribution in [2.45, 2.75) is 38.5 Å². The molecule has 3 aliphatic rings. The maximum atomic E-state index is 6.22. The molecule has 0 saturated carbocycles. The highest BCUT2D eigenvalue weighted by Crippen LogP contribution is 2.33. The molecule has 5 rings (SSSR count). The molecule has 2 saturated heterocycles. The number of methoxy groups -OCH3 is 2. The first kappa shape index (κ1) is 22.1. The van der Waals surface area contributed by atoms with Gasteiger partial charge < -0.3 is 24.0 Å². The third-order valence-corrected chi connectivity index (χ3v) is 7.27. The van der Waals surface area contributed by atoms with Crippen LogP contribution in [0.1, 0.15) is 44.1 Å². The third kappa shape index (κ3) is 4.70. The van der Waals surface area contributed by atoms with Gasteiger partial charge in [0.15, 0.2) is 0 Å². The van der Waals surface area contributed by atoms with Gasteiger partial charge >= 0.3 is 0 Å². The highest BCUT2D eigenvalue weighted by atomic mass is 16.5. The Kier molecular flexibility index (Phi) is 6.77. The maximum absolute atomic E-state index is 6.22.